The Morgan fingerprint density at radius 2 is 1.90 bits per heavy atom. The number of rotatable bonds is 7. The minimum Gasteiger partial charge on any atom is -0.496 e. The molecule has 0 saturated heterocycles. The molecule has 0 spiro atoms. The number of nitrogens with zero attached hydrogens (tertiary/aromatic N) is 2. The van der Waals surface area contributed by atoms with Crippen LogP contribution in [0.15, 0.2) is 28.8 Å². The molecule has 0 aliphatic carbocycles. The number of aromatic amines is 1. The lowest BCUT2D eigenvalue weighted by atomic mass is 10.1. The van der Waals surface area contributed by atoms with Crippen molar-refractivity contribution < 1.29 is 28.3 Å². The number of esters is 2. The Balaban J connectivity index is 1.72. The molecule has 2 aromatic heterocycles. The molecule has 2 heterocycles. The molecule has 0 bridgehead atoms. The molecular weight excluding hydrogens is 378 g/mol. The minimum absolute atomic E-state index is 0.135. The Morgan fingerprint density at radius 1 is 1.14 bits per heavy atom. The summed E-state index contributed by atoms with van der Waals surface area (Å²) in [5.41, 5.74) is 2.14. The number of ether oxygens (including phenoxy) is 3. The van der Waals surface area contributed by atoms with Crippen molar-refractivity contribution >= 4 is 11.9 Å². The molecule has 0 fully saturated rings. The first-order valence-corrected chi connectivity index (χ1v) is 8.95. The quantitative estimate of drug-likeness (QED) is 0.602. The van der Waals surface area contributed by atoms with Gasteiger partial charge in [0.2, 0.25) is 5.82 Å². The summed E-state index contributed by atoms with van der Waals surface area (Å²) in [6, 6.07) is 7.23. The molecule has 0 unspecified atom stereocenters. The van der Waals surface area contributed by atoms with Crippen molar-refractivity contribution in [3.8, 4) is 17.1 Å². The van der Waals surface area contributed by atoms with Gasteiger partial charge in [0, 0.05) is 5.69 Å². The highest BCUT2D eigenvalue weighted by molar-refractivity contribution is 5.98. The molecule has 3 rings (SSSR count). The monoisotopic (exact) mass is 399 g/mol. The Hall–Kier alpha value is -3.62. The lowest BCUT2D eigenvalue weighted by molar-refractivity contribution is 0.0428. The number of carbonyl (C=O) groups is 2. The van der Waals surface area contributed by atoms with Crippen molar-refractivity contribution in [1.29, 1.82) is 0 Å². The fourth-order valence-corrected chi connectivity index (χ4v) is 2.92. The number of aromatic nitrogens is 3. The second-order valence-corrected chi connectivity index (χ2v) is 6.13. The second-order valence-electron chi connectivity index (χ2n) is 6.13. The summed E-state index contributed by atoms with van der Waals surface area (Å²) in [5, 5.41) is 3.90. The van der Waals surface area contributed by atoms with E-state index in [1.165, 1.54) is 0 Å². The van der Waals surface area contributed by atoms with Crippen LogP contribution in [0, 0.1) is 13.8 Å². The molecule has 9 heteroatoms. The summed E-state index contributed by atoms with van der Waals surface area (Å²) in [6.07, 6.45) is 0. The highest BCUT2D eigenvalue weighted by atomic mass is 16.6. The highest BCUT2D eigenvalue weighted by Crippen LogP contribution is 2.27. The number of hydrogen-bond donors (Lipinski definition) is 1. The lowest BCUT2D eigenvalue weighted by Crippen LogP contribution is -2.09. The van der Waals surface area contributed by atoms with Gasteiger partial charge in [-0.3, -0.25) is 0 Å². The predicted octanol–water partition coefficient (Wildman–Crippen LogP) is 3.22. The van der Waals surface area contributed by atoms with Crippen LogP contribution in [0.4, 0.5) is 0 Å². The normalized spacial score (nSPS) is 10.6. The third-order valence-electron chi connectivity index (χ3n) is 4.26. The minimum atomic E-state index is -0.608. The van der Waals surface area contributed by atoms with E-state index in [1.807, 2.05) is 12.1 Å². The van der Waals surface area contributed by atoms with Gasteiger partial charge in [0.05, 0.1) is 24.8 Å². The first-order valence-electron chi connectivity index (χ1n) is 8.95. The number of methoxy groups -OCH3 is 1. The number of nitrogens with one attached hydrogen (secondary N) is 1. The summed E-state index contributed by atoms with van der Waals surface area (Å²) in [6.45, 7) is 5.07. The van der Waals surface area contributed by atoms with Gasteiger partial charge in [-0.15, -0.1) is 0 Å². The Morgan fingerprint density at radius 3 is 2.62 bits per heavy atom. The molecule has 0 atom stereocenters. The largest absolute Gasteiger partial charge is 0.496 e. The molecule has 0 amide bonds. The number of hydrogen-bond acceptors (Lipinski definition) is 8. The van der Waals surface area contributed by atoms with Crippen molar-refractivity contribution in [2.24, 2.45) is 0 Å². The van der Waals surface area contributed by atoms with Crippen molar-refractivity contribution in [3.63, 3.8) is 0 Å². The van der Waals surface area contributed by atoms with Gasteiger partial charge in [0.25, 0.3) is 5.89 Å². The van der Waals surface area contributed by atoms with Gasteiger partial charge in [0.1, 0.15) is 11.4 Å². The summed E-state index contributed by atoms with van der Waals surface area (Å²) in [4.78, 5) is 31.6. The van der Waals surface area contributed by atoms with E-state index in [2.05, 4.69) is 15.1 Å². The predicted molar refractivity (Wildman–Crippen MR) is 102 cm³/mol. The van der Waals surface area contributed by atoms with Crippen LogP contribution in [0.1, 0.15) is 44.9 Å². The van der Waals surface area contributed by atoms with Crippen molar-refractivity contribution in [2.75, 3.05) is 13.7 Å². The first-order chi connectivity index (χ1) is 14.0. The Labute approximate surface area is 167 Å². The molecule has 0 aliphatic rings. The molecule has 0 saturated carbocycles. The second kappa shape index (κ2) is 8.59. The van der Waals surface area contributed by atoms with Gasteiger partial charge in [-0.1, -0.05) is 17.3 Å². The third kappa shape index (κ3) is 4.13. The molecule has 152 valence electrons. The standard InChI is InChI=1S/C20H21N3O6/c1-5-27-20(25)17-11(2)16(12(3)21-17)19(24)28-10-15-22-18(23-29-15)13-8-6-7-9-14(13)26-4/h6-9,21H,5,10H2,1-4H3. The van der Waals surface area contributed by atoms with E-state index in [1.54, 1.807) is 40.0 Å². The van der Waals surface area contributed by atoms with Crippen LogP contribution in [0.25, 0.3) is 11.4 Å². The fourth-order valence-electron chi connectivity index (χ4n) is 2.92. The zero-order chi connectivity index (χ0) is 21.0. The number of para-hydroxylation sites is 1. The van der Waals surface area contributed by atoms with Crippen LogP contribution >= 0.6 is 0 Å². The zero-order valence-corrected chi connectivity index (χ0v) is 16.6. The summed E-state index contributed by atoms with van der Waals surface area (Å²) < 4.78 is 20.7. The van der Waals surface area contributed by atoms with E-state index >= 15 is 0 Å². The number of H-pyrrole nitrogens is 1. The Bertz CT molecular complexity index is 1040. The van der Waals surface area contributed by atoms with Crippen LogP contribution in [0.5, 0.6) is 5.75 Å². The summed E-state index contributed by atoms with van der Waals surface area (Å²) >= 11 is 0. The smallest absolute Gasteiger partial charge is 0.355 e. The SMILES string of the molecule is CCOC(=O)c1[nH]c(C)c(C(=O)OCc2nc(-c3ccccc3OC)no2)c1C. The molecule has 29 heavy (non-hydrogen) atoms. The molecule has 0 radical (unpaired) electrons. The fraction of sp³-hybridized carbons (Fsp3) is 0.300. The van der Waals surface area contributed by atoms with Gasteiger partial charge in [-0.25, -0.2) is 9.59 Å². The van der Waals surface area contributed by atoms with E-state index in [-0.39, 0.29) is 30.4 Å². The van der Waals surface area contributed by atoms with Crippen LogP contribution in [0.3, 0.4) is 0 Å². The van der Waals surface area contributed by atoms with Crippen LogP contribution < -0.4 is 4.74 Å². The molecule has 1 N–H and O–H groups in total. The number of aryl methyl sites for hydroxylation is 1. The van der Waals surface area contributed by atoms with E-state index in [0.29, 0.717) is 28.4 Å². The van der Waals surface area contributed by atoms with E-state index < -0.39 is 11.9 Å². The van der Waals surface area contributed by atoms with Gasteiger partial charge >= 0.3 is 11.9 Å². The summed E-state index contributed by atoms with van der Waals surface area (Å²) in [5.74, 6) is -0.0703. The molecular formula is C20H21N3O6. The first kappa shape index (κ1) is 20.1. The maximum Gasteiger partial charge on any atom is 0.355 e. The average Bonchev–Trinajstić information content (AvgIpc) is 3.30. The van der Waals surface area contributed by atoms with Gasteiger partial charge in [0.15, 0.2) is 6.61 Å². The lowest BCUT2D eigenvalue weighted by Gasteiger charge is -2.04. The maximum atomic E-state index is 12.5. The van der Waals surface area contributed by atoms with E-state index in [9.17, 15) is 9.59 Å². The van der Waals surface area contributed by atoms with Gasteiger partial charge in [-0.2, -0.15) is 4.98 Å². The van der Waals surface area contributed by atoms with Crippen molar-refractivity contribution in [3.05, 3.63) is 52.7 Å². The van der Waals surface area contributed by atoms with Crippen molar-refractivity contribution in [2.45, 2.75) is 27.4 Å². The van der Waals surface area contributed by atoms with E-state index in [4.69, 9.17) is 18.7 Å². The zero-order valence-electron chi connectivity index (χ0n) is 16.6. The third-order valence-corrected chi connectivity index (χ3v) is 4.26. The molecule has 1 aromatic carbocycles. The highest BCUT2D eigenvalue weighted by Gasteiger charge is 2.24. The van der Waals surface area contributed by atoms with E-state index in [0.717, 1.165) is 0 Å². The summed E-state index contributed by atoms with van der Waals surface area (Å²) in [7, 11) is 1.55. The topological polar surface area (TPSA) is 117 Å². The van der Waals surface area contributed by atoms with Crippen molar-refractivity contribution in [1.82, 2.24) is 15.1 Å². The van der Waals surface area contributed by atoms with Crippen LogP contribution in [-0.4, -0.2) is 40.8 Å². The molecule has 3 aromatic rings. The van der Waals surface area contributed by atoms with Gasteiger partial charge in [-0.05, 0) is 38.5 Å². The average molecular weight is 399 g/mol. The van der Waals surface area contributed by atoms with Crippen LogP contribution in [0.2, 0.25) is 0 Å². The maximum absolute atomic E-state index is 12.5. The van der Waals surface area contributed by atoms with Gasteiger partial charge < -0.3 is 23.7 Å². The molecule has 0 aliphatic heterocycles. The molecule has 9 nitrogen and oxygen atoms in total. The number of carbonyl (C=O) groups excluding carboxylic acids is 2. The van der Waals surface area contributed by atoms with Crippen LogP contribution in [-0.2, 0) is 16.1 Å². The Kier molecular flexibility index (Phi) is 5.96. The number of benzene rings is 1.